The Labute approximate surface area is 170 Å². The van der Waals surface area contributed by atoms with Gasteiger partial charge in [0.05, 0.1) is 9.79 Å². The summed E-state index contributed by atoms with van der Waals surface area (Å²) in [6, 6.07) is 22.0. The van der Waals surface area contributed by atoms with Crippen molar-refractivity contribution >= 4 is 38.4 Å². The van der Waals surface area contributed by atoms with Crippen molar-refractivity contribution in [3.63, 3.8) is 0 Å². The highest BCUT2D eigenvalue weighted by Gasteiger charge is 2.33. The van der Waals surface area contributed by atoms with Crippen LogP contribution in [0, 0.1) is 0 Å². The van der Waals surface area contributed by atoms with Gasteiger partial charge in [0.2, 0.25) is 19.7 Å². The van der Waals surface area contributed by atoms with Crippen molar-refractivity contribution in [1.82, 2.24) is 0 Å². The lowest BCUT2D eigenvalue weighted by Gasteiger charge is -2.11. The minimum Gasteiger partial charge on any atom is -0.218 e. The zero-order valence-electron chi connectivity index (χ0n) is 14.8. The Kier molecular flexibility index (Phi) is 6.07. The second-order valence-electron chi connectivity index (χ2n) is 6.00. The van der Waals surface area contributed by atoms with Crippen molar-refractivity contribution in [3.05, 3.63) is 100 Å². The van der Waals surface area contributed by atoms with Gasteiger partial charge in [-0.25, -0.2) is 16.8 Å². The fourth-order valence-corrected chi connectivity index (χ4v) is 6.61. The maximum absolute atomic E-state index is 13.2. The number of benzene rings is 3. The number of sulfone groups is 2. The van der Waals surface area contributed by atoms with Gasteiger partial charge in [-0.2, -0.15) is 12.6 Å². The highest BCUT2D eigenvalue weighted by Crippen LogP contribution is 2.30. The van der Waals surface area contributed by atoms with Crippen LogP contribution in [0.4, 0.5) is 0 Å². The molecule has 3 aromatic carbocycles. The molecule has 3 rings (SSSR count). The maximum atomic E-state index is 13.2. The average molecular weight is 431 g/mol. The van der Waals surface area contributed by atoms with E-state index in [1.54, 1.807) is 60.7 Å². The van der Waals surface area contributed by atoms with Crippen molar-refractivity contribution in [2.75, 3.05) is 0 Å². The van der Waals surface area contributed by atoms with Crippen LogP contribution in [0.25, 0.3) is 6.08 Å². The average Bonchev–Trinajstić information content (AvgIpc) is 2.73. The second-order valence-corrected chi connectivity index (χ2v) is 10.4. The third-order valence-corrected chi connectivity index (χ3v) is 8.85. The van der Waals surface area contributed by atoms with E-state index in [-0.39, 0.29) is 9.79 Å². The van der Waals surface area contributed by atoms with Crippen LogP contribution >= 0.6 is 12.6 Å². The molecule has 0 fully saturated rings. The van der Waals surface area contributed by atoms with E-state index in [4.69, 9.17) is 0 Å². The quantitative estimate of drug-likeness (QED) is 0.590. The fourth-order valence-electron chi connectivity index (χ4n) is 2.59. The highest BCUT2D eigenvalue weighted by molar-refractivity contribution is 8.14. The molecule has 0 heterocycles. The molecule has 0 spiro atoms. The lowest BCUT2D eigenvalue weighted by Crippen LogP contribution is -2.15. The summed E-state index contributed by atoms with van der Waals surface area (Å²) >= 11 is 4.19. The Morgan fingerprint density at radius 1 is 0.679 bits per heavy atom. The summed E-state index contributed by atoms with van der Waals surface area (Å²) in [5, 5.41) is 0. The number of hydrogen-bond acceptors (Lipinski definition) is 5. The Hall–Kier alpha value is -2.35. The Morgan fingerprint density at radius 2 is 1.11 bits per heavy atom. The van der Waals surface area contributed by atoms with Crippen molar-refractivity contribution in [3.8, 4) is 0 Å². The molecule has 4 nitrogen and oxygen atoms in total. The first-order valence-electron chi connectivity index (χ1n) is 8.37. The number of rotatable bonds is 6. The summed E-state index contributed by atoms with van der Waals surface area (Å²) in [4.78, 5) is -0.152. The molecular formula is C21H18O4S3. The van der Waals surface area contributed by atoms with Gasteiger partial charge in [-0.1, -0.05) is 60.7 Å². The second kappa shape index (κ2) is 8.34. The van der Waals surface area contributed by atoms with E-state index in [0.717, 1.165) is 5.56 Å². The summed E-state index contributed by atoms with van der Waals surface area (Å²) in [5.74, 6) is 0.529. The third-order valence-electron chi connectivity index (χ3n) is 4.08. The molecule has 0 unspecified atom stereocenters. The summed E-state index contributed by atoms with van der Waals surface area (Å²) in [5.41, 5.74) is 1.42. The minimum atomic E-state index is -4.26. The zero-order valence-corrected chi connectivity index (χ0v) is 17.3. The van der Waals surface area contributed by atoms with Crippen LogP contribution in [0.2, 0.25) is 0 Å². The zero-order chi connectivity index (χ0) is 20.2. The normalized spacial score (nSPS) is 11.8. The summed E-state index contributed by atoms with van der Waals surface area (Å²) in [6.07, 6.45) is 1.20. The Bertz CT molecular complexity index is 1110. The monoisotopic (exact) mass is 430 g/mol. The van der Waals surface area contributed by atoms with Crippen LogP contribution in [0.1, 0.15) is 11.1 Å². The van der Waals surface area contributed by atoms with Crippen LogP contribution in [-0.4, -0.2) is 16.8 Å². The van der Waals surface area contributed by atoms with E-state index < -0.39 is 23.9 Å². The molecule has 7 heteroatoms. The van der Waals surface area contributed by atoms with E-state index >= 15 is 0 Å². The standard InChI is InChI=1S/C21H18O4S3/c22-27(23,19-7-3-1-4-8-19)21(15-17-11-13-18(16-26)14-12-17)28(24,25)20-9-5-2-6-10-20/h1-15,26H,16H2. The van der Waals surface area contributed by atoms with E-state index in [9.17, 15) is 16.8 Å². The molecular weight excluding hydrogens is 412 g/mol. The maximum Gasteiger partial charge on any atom is 0.217 e. The highest BCUT2D eigenvalue weighted by atomic mass is 32.3. The van der Waals surface area contributed by atoms with Gasteiger partial charge in [0, 0.05) is 5.75 Å². The van der Waals surface area contributed by atoms with Gasteiger partial charge in [0.15, 0.2) is 4.24 Å². The van der Waals surface area contributed by atoms with Gasteiger partial charge in [0.25, 0.3) is 0 Å². The van der Waals surface area contributed by atoms with Crippen molar-refractivity contribution in [2.24, 2.45) is 0 Å². The molecule has 0 aliphatic carbocycles. The van der Waals surface area contributed by atoms with Crippen molar-refractivity contribution in [2.45, 2.75) is 15.5 Å². The summed E-state index contributed by atoms with van der Waals surface area (Å²) in [6.45, 7) is 0. The molecule has 0 aromatic heterocycles. The molecule has 0 radical (unpaired) electrons. The van der Waals surface area contributed by atoms with Gasteiger partial charge >= 0.3 is 0 Å². The van der Waals surface area contributed by atoms with E-state index in [1.807, 2.05) is 0 Å². The lowest BCUT2D eigenvalue weighted by molar-refractivity contribution is 0.595. The third kappa shape index (κ3) is 4.22. The van der Waals surface area contributed by atoms with E-state index in [2.05, 4.69) is 12.6 Å². The molecule has 0 atom stereocenters. The van der Waals surface area contributed by atoms with Gasteiger partial charge in [-0.15, -0.1) is 0 Å². The molecule has 0 aliphatic heterocycles. The molecule has 0 N–H and O–H groups in total. The van der Waals surface area contributed by atoms with Gasteiger partial charge in [-0.05, 0) is 41.5 Å². The van der Waals surface area contributed by atoms with E-state index in [0.29, 0.717) is 11.3 Å². The van der Waals surface area contributed by atoms with Crippen LogP contribution in [0.15, 0.2) is 99.0 Å². The summed E-state index contributed by atoms with van der Waals surface area (Å²) < 4.78 is 52.2. The first kappa shape index (κ1) is 20.4. The molecule has 0 amide bonds. The molecule has 0 saturated heterocycles. The fraction of sp³-hybridized carbons (Fsp3) is 0.0476. The molecule has 28 heavy (non-hydrogen) atoms. The van der Waals surface area contributed by atoms with Crippen LogP contribution in [0.3, 0.4) is 0 Å². The van der Waals surface area contributed by atoms with Gasteiger partial charge in [0.1, 0.15) is 0 Å². The lowest BCUT2D eigenvalue weighted by atomic mass is 10.1. The predicted octanol–water partition coefficient (Wildman–Crippen LogP) is 4.36. The molecule has 3 aromatic rings. The Balaban J connectivity index is 2.24. The molecule has 0 bridgehead atoms. The van der Waals surface area contributed by atoms with Crippen molar-refractivity contribution in [1.29, 1.82) is 0 Å². The van der Waals surface area contributed by atoms with Crippen LogP contribution in [0.5, 0.6) is 0 Å². The number of hydrogen-bond donors (Lipinski definition) is 1. The first-order valence-corrected chi connectivity index (χ1v) is 12.0. The summed E-state index contributed by atoms with van der Waals surface area (Å²) in [7, 11) is -8.53. The van der Waals surface area contributed by atoms with Crippen LogP contribution in [-0.2, 0) is 25.4 Å². The van der Waals surface area contributed by atoms with Gasteiger partial charge in [-0.3, -0.25) is 0 Å². The predicted molar refractivity (Wildman–Crippen MR) is 114 cm³/mol. The topological polar surface area (TPSA) is 68.3 Å². The van der Waals surface area contributed by atoms with E-state index in [1.165, 1.54) is 30.3 Å². The minimum absolute atomic E-state index is 0.0762. The largest absolute Gasteiger partial charge is 0.218 e. The number of thiol groups is 1. The molecule has 144 valence electrons. The first-order chi connectivity index (χ1) is 13.4. The molecule has 0 aliphatic rings. The Morgan fingerprint density at radius 3 is 1.50 bits per heavy atom. The van der Waals surface area contributed by atoms with Crippen LogP contribution < -0.4 is 0 Å². The SMILES string of the molecule is O=S(=O)(C(=Cc1ccc(CS)cc1)S(=O)(=O)c1ccccc1)c1ccccc1. The molecule has 0 saturated carbocycles. The smallest absolute Gasteiger partial charge is 0.217 e. The van der Waals surface area contributed by atoms with Crippen molar-refractivity contribution < 1.29 is 16.8 Å². The van der Waals surface area contributed by atoms with Gasteiger partial charge < -0.3 is 0 Å².